The molecule has 2 saturated heterocycles. The van der Waals surface area contributed by atoms with Crippen molar-refractivity contribution in [1.29, 1.82) is 0 Å². The van der Waals surface area contributed by atoms with Crippen LogP contribution in [0.15, 0.2) is 78.4 Å². The fraction of sp³-hybridized carbons (Fsp3) is 0.275. The number of fused-ring (bicyclic) bond motifs is 5. The van der Waals surface area contributed by atoms with Crippen LogP contribution >= 0.6 is 45.5 Å². The minimum Gasteiger partial charge on any atom is -0.505 e. The van der Waals surface area contributed by atoms with Crippen LogP contribution in [0, 0.1) is 45.4 Å². The predicted molar refractivity (Wildman–Crippen MR) is 208 cm³/mol. The summed E-state index contributed by atoms with van der Waals surface area (Å²) in [5.41, 5.74) is 1.38. The fourth-order valence-electron chi connectivity index (χ4n) is 9.40. The third-order valence-corrected chi connectivity index (χ3v) is 14.2. The molecule has 53 heavy (non-hydrogen) atoms. The zero-order valence-electron chi connectivity index (χ0n) is 28.6. The molecule has 9 rings (SSSR count). The van der Waals surface area contributed by atoms with E-state index in [4.69, 9.17) is 16.7 Å². The van der Waals surface area contributed by atoms with Crippen molar-refractivity contribution in [3.8, 4) is 16.3 Å². The van der Waals surface area contributed by atoms with Crippen molar-refractivity contribution in [1.82, 2.24) is 9.78 Å². The van der Waals surface area contributed by atoms with Gasteiger partial charge in [0.15, 0.2) is 11.6 Å². The minimum atomic E-state index is -1.46. The molecule has 0 bridgehead atoms. The Kier molecular flexibility index (Phi) is 7.82. The van der Waals surface area contributed by atoms with E-state index >= 15 is 4.39 Å². The SMILES string of the molecule is Cc1c(-c2cc(N3C(=O)[C@@H]4C[C@@H]5C(=CC[C@@H]6C(=O)N(c7ccc(I)cc7)C(=O)[C@@H]65)[C@H](c5cccc(F)c5O)[C@]4(C)C3=O)n(C)n2)sc2ccc(Cl)cc12. The molecular formula is C40H31ClFIN4O5S. The van der Waals surface area contributed by atoms with Crippen molar-refractivity contribution in [3.63, 3.8) is 0 Å². The number of aryl methyl sites for hydroxylation is 2. The fourth-order valence-corrected chi connectivity index (χ4v) is 11.1. The van der Waals surface area contributed by atoms with Gasteiger partial charge < -0.3 is 5.11 Å². The van der Waals surface area contributed by atoms with E-state index in [9.17, 15) is 24.3 Å². The number of amides is 4. The maximum absolute atomic E-state index is 15.1. The first-order valence-electron chi connectivity index (χ1n) is 17.2. The molecule has 2 aromatic heterocycles. The number of hydrogen-bond acceptors (Lipinski definition) is 7. The summed E-state index contributed by atoms with van der Waals surface area (Å²) in [6, 6.07) is 18.7. The summed E-state index contributed by atoms with van der Waals surface area (Å²) in [6.45, 7) is 3.68. The number of carbonyl (C=O) groups excluding carboxylic acids is 4. The average molecular weight is 861 g/mol. The first-order valence-corrected chi connectivity index (χ1v) is 19.5. The van der Waals surface area contributed by atoms with Crippen LogP contribution in [0.4, 0.5) is 15.9 Å². The Hall–Kier alpha value is -4.40. The van der Waals surface area contributed by atoms with Gasteiger partial charge in [0.05, 0.1) is 33.7 Å². The molecular weight excluding hydrogens is 830 g/mol. The largest absolute Gasteiger partial charge is 0.505 e. The lowest BCUT2D eigenvalue weighted by molar-refractivity contribution is -0.131. The van der Waals surface area contributed by atoms with Crippen LogP contribution in [-0.2, 0) is 26.2 Å². The van der Waals surface area contributed by atoms with Crippen LogP contribution in [-0.4, -0.2) is 38.5 Å². The Labute approximate surface area is 326 Å². The normalized spacial score (nSPS) is 26.7. The minimum absolute atomic E-state index is 0.123. The lowest BCUT2D eigenvalue weighted by Crippen LogP contribution is -2.49. The van der Waals surface area contributed by atoms with Crippen molar-refractivity contribution in [2.75, 3.05) is 9.80 Å². The van der Waals surface area contributed by atoms with Gasteiger partial charge in [-0.25, -0.2) is 9.29 Å². The van der Waals surface area contributed by atoms with Crippen molar-refractivity contribution in [2.24, 2.45) is 36.1 Å². The molecule has 4 heterocycles. The van der Waals surface area contributed by atoms with Gasteiger partial charge in [-0.05, 0) is 115 Å². The topological polar surface area (TPSA) is 113 Å². The molecule has 6 atom stereocenters. The highest BCUT2D eigenvalue weighted by Crippen LogP contribution is 2.64. The summed E-state index contributed by atoms with van der Waals surface area (Å²) < 4.78 is 18.6. The molecule has 9 nitrogen and oxygen atoms in total. The van der Waals surface area contributed by atoms with Crippen molar-refractivity contribution in [2.45, 2.75) is 32.6 Å². The number of nitrogens with zero attached hydrogens (tertiary/aromatic N) is 4. The predicted octanol–water partition coefficient (Wildman–Crippen LogP) is 8.15. The molecule has 1 N–H and O–H groups in total. The highest BCUT2D eigenvalue weighted by Gasteiger charge is 2.68. The van der Waals surface area contributed by atoms with E-state index in [0.717, 1.165) is 30.2 Å². The van der Waals surface area contributed by atoms with Gasteiger partial charge in [-0.15, -0.1) is 11.3 Å². The zero-order valence-corrected chi connectivity index (χ0v) is 32.4. The standard InChI is InChI=1S/C40H31ClFIN4O5S/c1-18-25-15-19(41)7-14-30(25)53-35(18)29-17-31(45(3)44-29)47-37(50)27-16-26-22(33(40(27,2)39(47)52)24-5-4-6-28(42)34(24)48)12-13-23-32(26)38(51)46(36(23)49)21-10-8-20(43)9-11-21/h4-12,14-15,17,23,26-27,32-33,48H,13,16H2,1-3H3/t23-,26+,27-,32-,33+,40+/m0/s1. The molecule has 3 aromatic carbocycles. The number of rotatable bonds is 4. The number of hydrogen-bond donors (Lipinski definition) is 1. The number of phenolic OH excluding ortho intramolecular Hbond substituents is 1. The molecule has 5 aromatic rings. The van der Waals surface area contributed by atoms with Crippen LogP contribution in [0.5, 0.6) is 5.75 Å². The second-order valence-electron chi connectivity index (χ2n) is 14.5. The van der Waals surface area contributed by atoms with Crippen molar-refractivity contribution >= 4 is 90.7 Å². The number of aromatic hydroxyl groups is 1. The van der Waals surface area contributed by atoms with Gasteiger partial charge >= 0.3 is 0 Å². The molecule has 0 spiro atoms. The molecule has 2 aliphatic carbocycles. The number of anilines is 2. The van der Waals surface area contributed by atoms with Crippen LogP contribution < -0.4 is 9.80 Å². The summed E-state index contributed by atoms with van der Waals surface area (Å²) in [7, 11) is 1.67. The second kappa shape index (κ2) is 12.1. The molecule has 1 saturated carbocycles. The maximum Gasteiger partial charge on any atom is 0.242 e. The zero-order chi connectivity index (χ0) is 37.2. The molecule has 3 fully saturated rings. The van der Waals surface area contributed by atoms with Crippen LogP contribution in [0.2, 0.25) is 5.02 Å². The van der Waals surface area contributed by atoms with Gasteiger partial charge in [0.2, 0.25) is 23.6 Å². The maximum atomic E-state index is 15.1. The molecule has 13 heteroatoms. The molecule has 268 valence electrons. The third kappa shape index (κ3) is 4.80. The Morgan fingerprint density at radius 2 is 1.74 bits per heavy atom. The third-order valence-electron chi connectivity index (χ3n) is 11.9. The van der Waals surface area contributed by atoms with Gasteiger partial charge in [-0.3, -0.25) is 28.8 Å². The number of aromatic nitrogens is 2. The first-order chi connectivity index (χ1) is 25.3. The summed E-state index contributed by atoms with van der Waals surface area (Å²) in [6.07, 6.45) is 2.23. The highest BCUT2D eigenvalue weighted by molar-refractivity contribution is 14.1. The first kappa shape index (κ1) is 34.4. The van der Waals surface area contributed by atoms with Crippen LogP contribution in [0.1, 0.15) is 36.8 Å². The van der Waals surface area contributed by atoms with E-state index in [0.29, 0.717) is 22.0 Å². The summed E-state index contributed by atoms with van der Waals surface area (Å²) in [5, 5.41) is 17.6. The van der Waals surface area contributed by atoms with E-state index in [-0.39, 0.29) is 36.0 Å². The summed E-state index contributed by atoms with van der Waals surface area (Å²) in [5.74, 6) is -6.85. The lowest BCUT2D eigenvalue weighted by atomic mass is 9.51. The van der Waals surface area contributed by atoms with E-state index in [2.05, 4.69) is 22.6 Å². The average Bonchev–Trinajstić information content (AvgIpc) is 3.80. The van der Waals surface area contributed by atoms with Crippen LogP contribution in [0.25, 0.3) is 20.7 Å². The van der Waals surface area contributed by atoms with Gasteiger partial charge in [-0.2, -0.15) is 5.10 Å². The number of imide groups is 2. The Morgan fingerprint density at radius 3 is 2.49 bits per heavy atom. The molecule has 0 radical (unpaired) electrons. The van der Waals surface area contributed by atoms with Gasteiger partial charge in [0.25, 0.3) is 0 Å². The number of para-hydroxylation sites is 1. The van der Waals surface area contributed by atoms with E-state index in [1.807, 2.05) is 43.3 Å². The number of benzene rings is 3. The number of allylic oxidation sites excluding steroid dienone is 2. The Morgan fingerprint density at radius 1 is 0.981 bits per heavy atom. The van der Waals surface area contributed by atoms with Crippen molar-refractivity contribution < 1.29 is 28.7 Å². The number of carbonyl (C=O) groups is 4. The highest BCUT2D eigenvalue weighted by atomic mass is 127. The monoisotopic (exact) mass is 860 g/mol. The second-order valence-corrected chi connectivity index (χ2v) is 17.3. The van der Waals surface area contributed by atoms with E-state index < -0.39 is 58.4 Å². The van der Waals surface area contributed by atoms with Gasteiger partial charge in [-0.1, -0.05) is 35.4 Å². The van der Waals surface area contributed by atoms with E-state index in [1.165, 1.54) is 31.9 Å². The van der Waals surface area contributed by atoms with Gasteiger partial charge in [0, 0.05) is 37.9 Å². The number of halogens is 3. The van der Waals surface area contributed by atoms with Crippen molar-refractivity contribution in [3.05, 3.63) is 104 Å². The number of phenols is 1. The van der Waals surface area contributed by atoms with Crippen LogP contribution in [0.3, 0.4) is 0 Å². The summed E-state index contributed by atoms with van der Waals surface area (Å²) in [4.78, 5) is 61.3. The quantitative estimate of drug-likeness (QED) is 0.111. The summed E-state index contributed by atoms with van der Waals surface area (Å²) >= 11 is 9.99. The number of thiophene rings is 1. The Bertz CT molecular complexity index is 2500. The molecule has 4 amide bonds. The van der Waals surface area contributed by atoms with E-state index in [1.54, 1.807) is 38.2 Å². The Balaban J connectivity index is 1.16. The lowest BCUT2D eigenvalue weighted by Gasteiger charge is -2.49. The smallest absolute Gasteiger partial charge is 0.242 e. The molecule has 2 aliphatic heterocycles. The molecule has 4 aliphatic rings. The molecule has 0 unspecified atom stereocenters. The van der Waals surface area contributed by atoms with Gasteiger partial charge in [0.1, 0.15) is 11.5 Å².